The van der Waals surface area contributed by atoms with Crippen molar-refractivity contribution in [1.82, 2.24) is 4.98 Å². The number of hydrazone groups is 1. The van der Waals surface area contributed by atoms with Gasteiger partial charge in [0.05, 0.1) is 30.5 Å². The number of hydrogen-bond acceptors (Lipinski definition) is 7. The fourth-order valence-electron chi connectivity index (χ4n) is 2.65. The average Bonchev–Trinajstić information content (AvgIpc) is 2.68. The molecule has 7 nitrogen and oxygen atoms in total. The van der Waals surface area contributed by atoms with Crippen molar-refractivity contribution >= 4 is 28.0 Å². The highest BCUT2D eigenvalue weighted by atomic mass is 79.9. The molecule has 0 bridgehead atoms. The molecular formula is C21H25BrN4O3. The molecule has 0 amide bonds. The highest BCUT2D eigenvalue weighted by molar-refractivity contribution is 9.10. The molecule has 0 unspecified atom stereocenters. The number of hydrogen-bond donors (Lipinski definition) is 1. The minimum absolute atomic E-state index is 0.328. The van der Waals surface area contributed by atoms with E-state index in [1.807, 2.05) is 39.0 Å². The van der Waals surface area contributed by atoms with Crippen molar-refractivity contribution in [2.45, 2.75) is 33.8 Å². The third-order valence-corrected chi connectivity index (χ3v) is 4.40. The fraction of sp³-hybridized carbons (Fsp3) is 0.381. The predicted octanol–water partition coefficient (Wildman–Crippen LogP) is 4.80. The van der Waals surface area contributed by atoms with Crippen LogP contribution in [0.15, 0.2) is 27.8 Å². The topological polar surface area (TPSA) is 88.8 Å². The van der Waals surface area contributed by atoms with E-state index in [2.05, 4.69) is 37.5 Å². The number of aromatic nitrogens is 1. The number of nitrogens with zero attached hydrogens (tertiary/aromatic N) is 3. The minimum atomic E-state index is 0.328. The van der Waals surface area contributed by atoms with Crippen LogP contribution in [0.1, 0.15) is 42.7 Å². The van der Waals surface area contributed by atoms with Crippen LogP contribution in [0, 0.1) is 18.3 Å². The van der Waals surface area contributed by atoms with Crippen LogP contribution in [0.25, 0.3) is 0 Å². The Morgan fingerprint density at radius 2 is 2.07 bits per heavy atom. The first-order valence-electron chi connectivity index (χ1n) is 9.31. The summed E-state index contributed by atoms with van der Waals surface area (Å²) in [6, 6.07) is 7.74. The monoisotopic (exact) mass is 460 g/mol. The van der Waals surface area contributed by atoms with E-state index in [1.165, 1.54) is 0 Å². The number of methoxy groups -OCH3 is 1. The summed E-state index contributed by atoms with van der Waals surface area (Å²) in [7, 11) is 1.59. The highest BCUT2D eigenvalue weighted by Gasteiger charge is 2.13. The number of anilines is 1. The fourth-order valence-corrected chi connectivity index (χ4v) is 3.23. The molecule has 0 atom stereocenters. The van der Waals surface area contributed by atoms with Crippen molar-refractivity contribution in [3.05, 3.63) is 45.1 Å². The molecule has 0 spiro atoms. The quantitative estimate of drug-likeness (QED) is 0.404. The summed E-state index contributed by atoms with van der Waals surface area (Å²) in [5, 5.41) is 13.7. The van der Waals surface area contributed by atoms with Gasteiger partial charge in [0.25, 0.3) is 0 Å². The minimum Gasteiger partial charge on any atom is -0.490 e. The lowest BCUT2D eigenvalue weighted by molar-refractivity contribution is 0.184. The molecule has 1 N–H and O–H groups in total. The van der Waals surface area contributed by atoms with Gasteiger partial charge in [-0.2, -0.15) is 10.4 Å². The second kappa shape index (κ2) is 11.4. The summed E-state index contributed by atoms with van der Waals surface area (Å²) in [5.74, 6) is 1.71. The molecule has 154 valence electrons. The smallest absolute Gasteiger partial charge is 0.175 e. The standard InChI is InChI=1S/C21H25BrN4O3/c1-5-7-29-20-18(22)9-15(10-19(20)28-6-2)12-24-26-21-17(11-23)16(13-27-4)8-14(3)25-21/h8-10,12H,5-7,13H2,1-4H3,(H,25,26)/b24-12+. The Bertz CT molecular complexity index is 910. The summed E-state index contributed by atoms with van der Waals surface area (Å²) < 4.78 is 17.4. The largest absolute Gasteiger partial charge is 0.490 e. The molecule has 0 fully saturated rings. The SMILES string of the molecule is CCCOc1c(Br)cc(/C=N/Nc2nc(C)cc(COC)c2C#N)cc1OCC. The Morgan fingerprint density at radius 1 is 1.28 bits per heavy atom. The third-order valence-electron chi connectivity index (χ3n) is 3.81. The zero-order chi connectivity index (χ0) is 21.2. The molecule has 8 heteroatoms. The van der Waals surface area contributed by atoms with Crippen LogP contribution in [0.5, 0.6) is 11.5 Å². The second-order valence-corrected chi connectivity index (χ2v) is 7.03. The first kappa shape index (κ1) is 22.7. The molecule has 29 heavy (non-hydrogen) atoms. The van der Waals surface area contributed by atoms with Crippen LogP contribution >= 0.6 is 15.9 Å². The molecule has 0 saturated carbocycles. The number of aryl methyl sites for hydroxylation is 1. The van der Waals surface area contributed by atoms with Gasteiger partial charge < -0.3 is 14.2 Å². The van der Waals surface area contributed by atoms with Crippen LogP contribution in [0.4, 0.5) is 5.82 Å². The van der Waals surface area contributed by atoms with Crippen molar-refractivity contribution < 1.29 is 14.2 Å². The summed E-state index contributed by atoms with van der Waals surface area (Å²) in [6.45, 7) is 7.28. The summed E-state index contributed by atoms with van der Waals surface area (Å²) >= 11 is 3.54. The summed E-state index contributed by atoms with van der Waals surface area (Å²) in [5.41, 5.74) is 5.62. The van der Waals surface area contributed by atoms with Gasteiger partial charge in [0.15, 0.2) is 17.3 Å². The number of pyridine rings is 1. The number of nitrogens with one attached hydrogen (secondary N) is 1. The lowest BCUT2D eigenvalue weighted by Gasteiger charge is -2.14. The van der Waals surface area contributed by atoms with E-state index in [0.29, 0.717) is 42.7 Å². The molecular weight excluding hydrogens is 436 g/mol. The van der Waals surface area contributed by atoms with Crippen molar-refractivity contribution in [3.8, 4) is 17.6 Å². The number of nitriles is 1. The number of ether oxygens (including phenoxy) is 3. The maximum atomic E-state index is 9.49. The van der Waals surface area contributed by atoms with Gasteiger partial charge in [-0.1, -0.05) is 6.92 Å². The molecule has 1 aromatic carbocycles. The van der Waals surface area contributed by atoms with Gasteiger partial charge in [0.1, 0.15) is 11.6 Å². The highest BCUT2D eigenvalue weighted by Crippen LogP contribution is 2.36. The maximum absolute atomic E-state index is 9.49. The molecule has 1 aromatic heterocycles. The zero-order valence-corrected chi connectivity index (χ0v) is 18.7. The van der Waals surface area contributed by atoms with Crippen molar-refractivity contribution in [3.63, 3.8) is 0 Å². The summed E-state index contributed by atoms with van der Waals surface area (Å²) in [6.07, 6.45) is 2.54. The Labute approximate surface area is 179 Å². The van der Waals surface area contributed by atoms with Gasteiger partial charge in [0.2, 0.25) is 0 Å². The molecule has 1 heterocycles. The van der Waals surface area contributed by atoms with Gasteiger partial charge in [0, 0.05) is 18.4 Å². The van der Waals surface area contributed by atoms with Crippen LogP contribution < -0.4 is 14.9 Å². The van der Waals surface area contributed by atoms with Crippen molar-refractivity contribution in [2.75, 3.05) is 25.7 Å². The molecule has 2 rings (SSSR count). The molecule has 0 radical (unpaired) electrons. The first-order chi connectivity index (χ1) is 14.0. The first-order valence-corrected chi connectivity index (χ1v) is 10.1. The second-order valence-electron chi connectivity index (χ2n) is 6.17. The van der Waals surface area contributed by atoms with Gasteiger partial charge in [-0.15, -0.1) is 0 Å². The van der Waals surface area contributed by atoms with Crippen LogP contribution in [0.2, 0.25) is 0 Å². The zero-order valence-electron chi connectivity index (χ0n) is 17.1. The number of halogens is 1. The Kier molecular flexibility index (Phi) is 8.90. The predicted molar refractivity (Wildman–Crippen MR) is 117 cm³/mol. The Morgan fingerprint density at radius 3 is 2.72 bits per heavy atom. The average molecular weight is 461 g/mol. The Balaban J connectivity index is 2.28. The van der Waals surface area contributed by atoms with E-state index >= 15 is 0 Å². The van der Waals surface area contributed by atoms with E-state index in [0.717, 1.165) is 27.7 Å². The maximum Gasteiger partial charge on any atom is 0.175 e. The lowest BCUT2D eigenvalue weighted by atomic mass is 10.1. The number of rotatable bonds is 10. The molecule has 0 aliphatic carbocycles. The van der Waals surface area contributed by atoms with Crippen LogP contribution in [-0.2, 0) is 11.3 Å². The molecule has 0 aliphatic rings. The van der Waals surface area contributed by atoms with Crippen LogP contribution in [-0.4, -0.2) is 31.5 Å². The number of benzene rings is 1. The summed E-state index contributed by atoms with van der Waals surface area (Å²) in [4.78, 5) is 4.37. The van der Waals surface area contributed by atoms with Gasteiger partial charge in [-0.05, 0) is 60.0 Å². The Hall–Kier alpha value is -2.63. The van der Waals surface area contributed by atoms with E-state index in [-0.39, 0.29) is 0 Å². The van der Waals surface area contributed by atoms with Gasteiger partial charge in [-0.3, -0.25) is 5.43 Å². The van der Waals surface area contributed by atoms with Crippen LogP contribution in [0.3, 0.4) is 0 Å². The van der Waals surface area contributed by atoms with Crippen molar-refractivity contribution in [1.29, 1.82) is 5.26 Å². The van der Waals surface area contributed by atoms with Gasteiger partial charge in [-0.25, -0.2) is 4.98 Å². The normalized spacial score (nSPS) is 10.8. The molecule has 2 aromatic rings. The molecule has 0 saturated heterocycles. The van der Waals surface area contributed by atoms with E-state index in [9.17, 15) is 5.26 Å². The van der Waals surface area contributed by atoms with Gasteiger partial charge >= 0.3 is 0 Å². The third kappa shape index (κ3) is 6.17. The van der Waals surface area contributed by atoms with E-state index in [4.69, 9.17) is 14.2 Å². The van der Waals surface area contributed by atoms with E-state index < -0.39 is 0 Å². The molecule has 0 aliphatic heterocycles. The van der Waals surface area contributed by atoms with E-state index in [1.54, 1.807) is 13.3 Å². The van der Waals surface area contributed by atoms with Crippen molar-refractivity contribution in [2.24, 2.45) is 5.10 Å². The lowest BCUT2D eigenvalue weighted by Crippen LogP contribution is -2.04.